The number of halogens is 1. The first-order valence-electron chi connectivity index (χ1n) is 6.45. The highest BCUT2D eigenvalue weighted by atomic mass is 19.1. The van der Waals surface area contributed by atoms with Crippen LogP contribution in [-0.4, -0.2) is 43.5 Å². The van der Waals surface area contributed by atoms with E-state index in [0.717, 1.165) is 5.56 Å². The van der Waals surface area contributed by atoms with Crippen molar-refractivity contribution in [3.05, 3.63) is 34.9 Å². The molecule has 1 heterocycles. The Morgan fingerprint density at radius 3 is 2.60 bits per heavy atom. The zero-order chi connectivity index (χ0) is 14.7. The Morgan fingerprint density at radius 2 is 2.05 bits per heavy atom. The number of hydrogen-bond acceptors (Lipinski definition) is 3. The molecule has 1 fully saturated rings. The summed E-state index contributed by atoms with van der Waals surface area (Å²) < 4.78 is 13.7. The Hall–Kier alpha value is -2.13. The highest BCUT2D eigenvalue weighted by Gasteiger charge is 2.23. The molecular formula is C14H17FN4O. The molecular weight excluding hydrogens is 259 g/mol. The average molecular weight is 276 g/mol. The van der Waals surface area contributed by atoms with Gasteiger partial charge in [0.15, 0.2) is 0 Å². The Bertz CT molecular complexity index is 559. The van der Waals surface area contributed by atoms with Crippen molar-refractivity contribution >= 4 is 17.3 Å². The number of rotatable bonds is 3. The van der Waals surface area contributed by atoms with E-state index < -0.39 is 5.82 Å². The summed E-state index contributed by atoms with van der Waals surface area (Å²) in [6, 6.07) is 3.02. The molecule has 0 unspecified atom stereocenters. The van der Waals surface area contributed by atoms with Gasteiger partial charge in [-0.3, -0.25) is 9.69 Å². The summed E-state index contributed by atoms with van der Waals surface area (Å²) in [5, 5.41) is 0. The number of primary amides is 1. The number of carbonyl (C=O) groups is 1. The maximum Gasteiger partial charge on any atom is 0.244 e. The molecule has 1 aromatic carbocycles. The number of benzene rings is 1. The first-order valence-corrected chi connectivity index (χ1v) is 6.45. The number of carbonyl (C=O) groups excluding carboxylic acids is 1. The van der Waals surface area contributed by atoms with Gasteiger partial charge in [-0.1, -0.05) is 6.07 Å². The van der Waals surface area contributed by atoms with Crippen molar-refractivity contribution < 1.29 is 9.18 Å². The lowest BCUT2D eigenvalue weighted by molar-refractivity contribution is -0.119. The normalized spacial score (nSPS) is 15.9. The van der Waals surface area contributed by atoms with Crippen molar-refractivity contribution in [1.82, 2.24) is 4.90 Å². The minimum atomic E-state index is -0.486. The Balaban J connectivity index is 2.17. The number of amides is 1. The molecule has 0 bridgehead atoms. The van der Waals surface area contributed by atoms with Crippen molar-refractivity contribution in [2.24, 2.45) is 5.73 Å². The highest BCUT2D eigenvalue weighted by Crippen LogP contribution is 2.35. The van der Waals surface area contributed by atoms with Crippen LogP contribution in [0.4, 0.5) is 15.8 Å². The molecule has 0 radical (unpaired) electrons. The van der Waals surface area contributed by atoms with Gasteiger partial charge >= 0.3 is 0 Å². The van der Waals surface area contributed by atoms with Crippen LogP contribution in [0.25, 0.3) is 4.85 Å². The Labute approximate surface area is 117 Å². The van der Waals surface area contributed by atoms with Gasteiger partial charge in [-0.05, 0) is 18.6 Å². The van der Waals surface area contributed by atoms with Gasteiger partial charge in [0.2, 0.25) is 11.6 Å². The van der Waals surface area contributed by atoms with E-state index in [0.29, 0.717) is 31.9 Å². The van der Waals surface area contributed by atoms with E-state index in [1.54, 1.807) is 6.07 Å². The maximum atomic E-state index is 13.7. The first-order chi connectivity index (χ1) is 9.52. The molecule has 0 aliphatic carbocycles. The smallest absolute Gasteiger partial charge is 0.244 e. The zero-order valence-electron chi connectivity index (χ0n) is 11.4. The third-order valence-corrected chi connectivity index (χ3v) is 3.48. The Morgan fingerprint density at radius 1 is 1.40 bits per heavy atom. The second-order valence-electron chi connectivity index (χ2n) is 4.90. The van der Waals surface area contributed by atoms with Crippen LogP contribution in [0.5, 0.6) is 0 Å². The summed E-state index contributed by atoms with van der Waals surface area (Å²) in [6.45, 7) is 11.9. The number of nitrogens with two attached hydrogens (primary N) is 1. The van der Waals surface area contributed by atoms with Gasteiger partial charge in [0.25, 0.3) is 0 Å². The van der Waals surface area contributed by atoms with Crippen molar-refractivity contribution in [3.8, 4) is 0 Å². The van der Waals surface area contributed by atoms with Gasteiger partial charge in [-0.2, -0.15) is 0 Å². The lowest BCUT2D eigenvalue weighted by Crippen LogP contribution is -2.49. The van der Waals surface area contributed by atoms with E-state index in [1.165, 1.54) is 6.07 Å². The zero-order valence-corrected chi connectivity index (χ0v) is 11.4. The third-order valence-electron chi connectivity index (χ3n) is 3.48. The van der Waals surface area contributed by atoms with Gasteiger partial charge in [0, 0.05) is 31.9 Å². The lowest BCUT2D eigenvalue weighted by Gasteiger charge is -2.36. The molecule has 0 saturated carbocycles. The molecule has 2 N–H and O–H groups in total. The average Bonchev–Trinajstić information content (AvgIpc) is 2.41. The molecule has 106 valence electrons. The van der Waals surface area contributed by atoms with Crippen LogP contribution in [0.3, 0.4) is 0 Å². The molecule has 1 amide bonds. The summed E-state index contributed by atoms with van der Waals surface area (Å²) in [4.78, 5) is 18.2. The fraction of sp³-hybridized carbons (Fsp3) is 0.429. The molecule has 20 heavy (non-hydrogen) atoms. The van der Waals surface area contributed by atoms with Crippen LogP contribution < -0.4 is 10.6 Å². The fourth-order valence-electron chi connectivity index (χ4n) is 2.51. The number of hydrogen-bond donors (Lipinski definition) is 1. The van der Waals surface area contributed by atoms with Crippen molar-refractivity contribution in [3.63, 3.8) is 0 Å². The van der Waals surface area contributed by atoms with Crippen molar-refractivity contribution in [2.45, 2.75) is 6.92 Å². The molecule has 2 rings (SSSR count). The van der Waals surface area contributed by atoms with Gasteiger partial charge < -0.3 is 10.6 Å². The van der Waals surface area contributed by atoms with E-state index in [-0.39, 0.29) is 18.1 Å². The van der Waals surface area contributed by atoms with E-state index in [9.17, 15) is 9.18 Å². The van der Waals surface area contributed by atoms with Crippen LogP contribution in [0.15, 0.2) is 12.1 Å². The summed E-state index contributed by atoms with van der Waals surface area (Å²) in [7, 11) is 0. The first kappa shape index (κ1) is 14.3. The minimum absolute atomic E-state index is 0.0772. The van der Waals surface area contributed by atoms with Gasteiger partial charge in [-0.25, -0.2) is 9.24 Å². The van der Waals surface area contributed by atoms with Crippen LogP contribution in [0.2, 0.25) is 0 Å². The van der Waals surface area contributed by atoms with E-state index >= 15 is 0 Å². The summed E-state index contributed by atoms with van der Waals surface area (Å²) >= 11 is 0. The van der Waals surface area contributed by atoms with Crippen LogP contribution >= 0.6 is 0 Å². The molecule has 0 aromatic heterocycles. The largest absolute Gasteiger partial charge is 0.377 e. The summed E-state index contributed by atoms with van der Waals surface area (Å²) in [5.74, 6) is -0.831. The predicted octanol–water partition coefficient (Wildman–Crippen LogP) is 1.29. The number of piperazine rings is 1. The number of aryl methyl sites for hydroxylation is 1. The molecule has 1 aliphatic heterocycles. The van der Waals surface area contributed by atoms with Gasteiger partial charge in [0.05, 0.1) is 13.1 Å². The van der Waals surface area contributed by atoms with Crippen LogP contribution in [0, 0.1) is 19.3 Å². The predicted molar refractivity (Wildman–Crippen MR) is 75.2 cm³/mol. The lowest BCUT2D eigenvalue weighted by atomic mass is 10.1. The van der Waals surface area contributed by atoms with Crippen molar-refractivity contribution in [1.29, 1.82) is 0 Å². The number of anilines is 1. The standard InChI is InChI=1S/C14H17FN4O/c1-10-3-4-11(15)13(17-2)14(10)19-7-5-18(6-8-19)9-12(16)20/h3-4H,5-9H2,1H3,(H2,16,20). The molecule has 6 heteroatoms. The molecule has 1 aromatic rings. The topological polar surface area (TPSA) is 53.9 Å². The second-order valence-corrected chi connectivity index (χ2v) is 4.90. The van der Waals surface area contributed by atoms with Crippen molar-refractivity contribution in [2.75, 3.05) is 37.6 Å². The van der Waals surface area contributed by atoms with Gasteiger partial charge in [0.1, 0.15) is 5.82 Å². The van der Waals surface area contributed by atoms with E-state index in [1.807, 2.05) is 16.7 Å². The molecule has 1 saturated heterocycles. The van der Waals surface area contributed by atoms with Gasteiger partial charge in [-0.15, -0.1) is 0 Å². The van der Waals surface area contributed by atoms with Crippen LogP contribution in [-0.2, 0) is 4.79 Å². The van der Waals surface area contributed by atoms with E-state index in [2.05, 4.69) is 4.85 Å². The second kappa shape index (κ2) is 5.88. The maximum absolute atomic E-state index is 13.7. The third kappa shape index (κ3) is 2.89. The SMILES string of the molecule is [C-]#[N+]c1c(F)ccc(C)c1N1CCN(CC(N)=O)CC1. The Kier molecular flexibility index (Phi) is 4.20. The molecule has 5 nitrogen and oxygen atoms in total. The number of nitrogens with zero attached hydrogens (tertiary/aromatic N) is 3. The molecule has 0 spiro atoms. The van der Waals surface area contributed by atoms with E-state index in [4.69, 9.17) is 12.3 Å². The quantitative estimate of drug-likeness (QED) is 0.846. The summed E-state index contributed by atoms with van der Waals surface area (Å²) in [5.41, 5.74) is 6.81. The minimum Gasteiger partial charge on any atom is -0.377 e. The molecule has 1 aliphatic rings. The monoisotopic (exact) mass is 276 g/mol. The summed E-state index contributed by atoms with van der Waals surface area (Å²) in [6.07, 6.45) is 0. The molecule has 0 atom stereocenters. The highest BCUT2D eigenvalue weighted by molar-refractivity contribution is 5.76. The van der Waals surface area contributed by atoms with Crippen LogP contribution in [0.1, 0.15) is 5.56 Å². The fourth-order valence-corrected chi connectivity index (χ4v) is 2.51.